The Morgan fingerprint density at radius 2 is 1.80 bits per heavy atom. The largest absolute Gasteiger partial charge is 0.463 e. The predicted octanol–water partition coefficient (Wildman–Crippen LogP) is -2.65. The molecule has 0 bridgehead atoms. The molecule has 0 amide bonds. The molecule has 0 aromatic rings. The normalized spacial score (nSPS) is 41.3. The maximum atomic E-state index is 10.5. The highest BCUT2D eigenvalue weighted by molar-refractivity contribution is 5.65. The average Bonchev–Trinajstić information content (AvgIpc) is 2.18. The maximum absolute atomic E-state index is 10.5. The number of aliphatic hydroxyl groups excluding tert-OH is 4. The van der Waals surface area contributed by atoms with Gasteiger partial charge in [-0.05, 0) is 0 Å². The van der Waals surface area contributed by atoms with E-state index in [0.29, 0.717) is 0 Å². The lowest BCUT2D eigenvalue weighted by atomic mass is 9.99. The zero-order valence-electron chi connectivity index (χ0n) is 8.11. The summed E-state index contributed by atoms with van der Waals surface area (Å²) in [7, 11) is 0. The van der Waals surface area contributed by atoms with E-state index in [1.807, 2.05) is 0 Å². The van der Waals surface area contributed by atoms with Crippen molar-refractivity contribution in [2.24, 2.45) is 0 Å². The predicted molar refractivity (Wildman–Crippen MR) is 45.5 cm³/mol. The second kappa shape index (κ2) is 4.86. The van der Waals surface area contributed by atoms with Gasteiger partial charge < -0.3 is 29.9 Å². The third-order valence-corrected chi connectivity index (χ3v) is 2.14. The van der Waals surface area contributed by atoms with E-state index in [0.717, 1.165) is 0 Å². The summed E-state index contributed by atoms with van der Waals surface area (Å²) in [6.07, 6.45) is -7.18. The van der Waals surface area contributed by atoms with E-state index >= 15 is 0 Å². The summed E-state index contributed by atoms with van der Waals surface area (Å²) in [5, 5.41) is 36.9. The Kier molecular flexibility index (Phi) is 4.00. The second-order valence-electron chi connectivity index (χ2n) is 3.34. The van der Waals surface area contributed by atoms with Gasteiger partial charge >= 0.3 is 5.97 Å². The molecule has 1 rings (SSSR count). The Morgan fingerprint density at radius 1 is 1.20 bits per heavy atom. The monoisotopic (exact) mass is 222 g/mol. The van der Waals surface area contributed by atoms with Gasteiger partial charge in [0.1, 0.15) is 31.0 Å². The van der Waals surface area contributed by atoms with Crippen LogP contribution in [0.5, 0.6) is 0 Å². The average molecular weight is 222 g/mol. The van der Waals surface area contributed by atoms with Gasteiger partial charge in [-0.1, -0.05) is 0 Å². The van der Waals surface area contributed by atoms with E-state index in [1.165, 1.54) is 6.92 Å². The van der Waals surface area contributed by atoms with E-state index in [4.69, 9.17) is 14.9 Å². The summed E-state index contributed by atoms with van der Waals surface area (Å²) < 4.78 is 9.31. The van der Waals surface area contributed by atoms with Crippen LogP contribution in [0.15, 0.2) is 0 Å². The molecule has 1 aliphatic heterocycles. The van der Waals surface area contributed by atoms with Crippen LogP contribution in [0.2, 0.25) is 0 Å². The second-order valence-corrected chi connectivity index (χ2v) is 3.34. The summed E-state index contributed by atoms with van der Waals surface area (Å²) >= 11 is 0. The number of carbonyl (C=O) groups is 1. The number of ether oxygens (including phenoxy) is 2. The lowest BCUT2D eigenvalue weighted by Crippen LogP contribution is -2.58. The fourth-order valence-corrected chi connectivity index (χ4v) is 1.27. The Labute approximate surface area is 85.9 Å². The number of carbonyl (C=O) groups excluding carboxylic acids is 1. The molecule has 1 aliphatic rings. The molecule has 1 heterocycles. The molecule has 5 atom stereocenters. The van der Waals surface area contributed by atoms with Gasteiger partial charge in [0.15, 0.2) is 6.29 Å². The van der Waals surface area contributed by atoms with Crippen molar-refractivity contribution >= 4 is 5.97 Å². The fourth-order valence-electron chi connectivity index (χ4n) is 1.27. The van der Waals surface area contributed by atoms with E-state index in [2.05, 4.69) is 4.74 Å². The van der Waals surface area contributed by atoms with Crippen LogP contribution in [0.1, 0.15) is 6.92 Å². The summed E-state index contributed by atoms with van der Waals surface area (Å²) in [5.41, 5.74) is 0. The number of hydrogen-bond donors (Lipinski definition) is 4. The van der Waals surface area contributed by atoms with Crippen molar-refractivity contribution in [2.45, 2.75) is 37.6 Å². The minimum Gasteiger partial charge on any atom is -0.463 e. The highest BCUT2D eigenvalue weighted by atomic mass is 16.6. The Bertz CT molecular complexity index is 231. The van der Waals surface area contributed by atoms with Crippen LogP contribution in [0.25, 0.3) is 0 Å². The molecular formula is C8H14O7. The van der Waals surface area contributed by atoms with Gasteiger partial charge in [-0.2, -0.15) is 0 Å². The first-order valence-corrected chi connectivity index (χ1v) is 4.44. The van der Waals surface area contributed by atoms with Gasteiger partial charge in [-0.15, -0.1) is 0 Å². The highest BCUT2D eigenvalue weighted by Crippen LogP contribution is 2.19. The molecule has 88 valence electrons. The summed E-state index contributed by atoms with van der Waals surface area (Å²) in [6.45, 7) is 0.883. The van der Waals surface area contributed by atoms with Gasteiger partial charge in [0.25, 0.3) is 0 Å². The van der Waals surface area contributed by atoms with Crippen LogP contribution in [-0.2, 0) is 14.3 Å². The third-order valence-electron chi connectivity index (χ3n) is 2.14. The number of aliphatic hydroxyl groups is 4. The van der Waals surface area contributed by atoms with Crippen molar-refractivity contribution in [1.29, 1.82) is 0 Å². The molecule has 15 heavy (non-hydrogen) atoms. The maximum Gasteiger partial charge on any atom is 0.302 e. The number of esters is 1. The minimum absolute atomic E-state index is 0.294. The van der Waals surface area contributed by atoms with Crippen LogP contribution >= 0.6 is 0 Å². The van der Waals surface area contributed by atoms with Crippen LogP contribution in [0, 0.1) is 0 Å². The topological polar surface area (TPSA) is 116 Å². The third kappa shape index (κ3) is 2.86. The molecule has 0 unspecified atom stereocenters. The van der Waals surface area contributed by atoms with Gasteiger partial charge in [0.05, 0.1) is 0 Å². The van der Waals surface area contributed by atoms with E-state index < -0.39 is 36.7 Å². The lowest BCUT2D eigenvalue weighted by Gasteiger charge is -2.37. The molecule has 0 aromatic carbocycles. The molecule has 0 saturated carbocycles. The smallest absolute Gasteiger partial charge is 0.302 e. The Morgan fingerprint density at radius 3 is 2.33 bits per heavy atom. The van der Waals surface area contributed by atoms with Crippen molar-refractivity contribution in [3.05, 3.63) is 0 Å². The quantitative estimate of drug-likeness (QED) is 0.377. The summed E-state index contributed by atoms with van der Waals surface area (Å²) in [5.74, 6) is -0.569. The van der Waals surface area contributed by atoms with Gasteiger partial charge in [-0.3, -0.25) is 4.79 Å². The van der Waals surface area contributed by atoms with Crippen molar-refractivity contribution in [2.75, 3.05) is 6.61 Å². The molecule has 0 aromatic heterocycles. The molecule has 7 nitrogen and oxygen atoms in total. The standard InChI is InChI=1S/C8H14O7/c1-3(9)14-2-4-5(10)6(11)7(12)8(13)15-4/h4-8,10-13H,2H2,1H3/t4-,5-,6+,7-,8+/m0/s1. The minimum atomic E-state index is -1.61. The van der Waals surface area contributed by atoms with Gasteiger partial charge in [0.2, 0.25) is 0 Å². The van der Waals surface area contributed by atoms with Crippen LogP contribution in [0.4, 0.5) is 0 Å². The molecule has 0 spiro atoms. The van der Waals surface area contributed by atoms with Crippen molar-refractivity contribution < 1.29 is 34.7 Å². The first-order chi connectivity index (χ1) is 6.93. The van der Waals surface area contributed by atoms with Gasteiger partial charge in [-0.25, -0.2) is 0 Å². The molecule has 7 heteroatoms. The van der Waals surface area contributed by atoms with Crippen molar-refractivity contribution in [3.63, 3.8) is 0 Å². The first-order valence-electron chi connectivity index (χ1n) is 4.44. The molecule has 1 fully saturated rings. The van der Waals surface area contributed by atoms with Crippen molar-refractivity contribution in [3.8, 4) is 0 Å². The highest BCUT2D eigenvalue weighted by Gasteiger charge is 2.43. The SMILES string of the molecule is CC(=O)OC[C@@H]1O[C@@H](O)[C@@H](O)[C@H](O)[C@H]1O. The lowest BCUT2D eigenvalue weighted by molar-refractivity contribution is -0.287. The first kappa shape index (κ1) is 12.3. The van der Waals surface area contributed by atoms with E-state index in [-0.39, 0.29) is 6.61 Å². The Balaban J connectivity index is 2.54. The fraction of sp³-hybridized carbons (Fsp3) is 0.875. The van der Waals surface area contributed by atoms with Crippen LogP contribution < -0.4 is 0 Å². The van der Waals surface area contributed by atoms with E-state index in [9.17, 15) is 15.0 Å². The number of rotatable bonds is 2. The molecule has 4 N–H and O–H groups in total. The van der Waals surface area contributed by atoms with Crippen molar-refractivity contribution in [1.82, 2.24) is 0 Å². The van der Waals surface area contributed by atoms with E-state index in [1.54, 1.807) is 0 Å². The summed E-state index contributed by atoms with van der Waals surface area (Å²) in [4.78, 5) is 10.5. The molecular weight excluding hydrogens is 208 g/mol. The molecule has 0 radical (unpaired) electrons. The molecule has 0 aliphatic carbocycles. The molecule has 1 saturated heterocycles. The number of hydrogen-bond acceptors (Lipinski definition) is 7. The van der Waals surface area contributed by atoms with Crippen LogP contribution in [-0.4, -0.2) is 63.7 Å². The van der Waals surface area contributed by atoms with Gasteiger partial charge in [0, 0.05) is 6.92 Å². The zero-order valence-corrected chi connectivity index (χ0v) is 8.11. The zero-order chi connectivity index (χ0) is 11.6. The van der Waals surface area contributed by atoms with Crippen LogP contribution in [0.3, 0.4) is 0 Å². The summed E-state index contributed by atoms with van der Waals surface area (Å²) in [6, 6.07) is 0. The Hall–Kier alpha value is -0.730.